The molecule has 2 rings (SSSR count). The highest BCUT2D eigenvalue weighted by atomic mass is 35.5. The number of pyridine rings is 1. The summed E-state index contributed by atoms with van der Waals surface area (Å²) in [5.74, 6) is -0.0251. The molecule has 0 unspecified atom stereocenters. The van der Waals surface area contributed by atoms with Gasteiger partial charge in [0.15, 0.2) is 5.84 Å². The third-order valence-corrected chi connectivity index (χ3v) is 2.43. The van der Waals surface area contributed by atoms with Crippen LogP contribution in [0.3, 0.4) is 0 Å². The zero-order chi connectivity index (χ0) is 10.8. The van der Waals surface area contributed by atoms with Crippen molar-refractivity contribution in [2.75, 3.05) is 0 Å². The lowest BCUT2D eigenvalue weighted by Crippen LogP contribution is -2.15. The van der Waals surface area contributed by atoms with Crippen LogP contribution in [0.2, 0.25) is 5.02 Å². The first-order chi connectivity index (χ1) is 7.24. The van der Waals surface area contributed by atoms with Crippen LogP contribution in [-0.4, -0.2) is 16.0 Å². The standard InChI is InChI=1S/C10H8ClN3O/c11-8-3-1-2-7-6(8)4-5-13-9(7)10(12)14-15/h1-5,15H,(H2,12,14). The SMILES string of the molecule is N/C(=N\O)c1nccc2c(Cl)cccc12. The molecule has 4 nitrogen and oxygen atoms in total. The monoisotopic (exact) mass is 221 g/mol. The molecule has 0 atom stereocenters. The Kier molecular flexibility index (Phi) is 2.43. The second-order valence-corrected chi connectivity index (χ2v) is 3.39. The van der Waals surface area contributed by atoms with Crippen LogP contribution >= 0.6 is 11.6 Å². The van der Waals surface area contributed by atoms with E-state index < -0.39 is 0 Å². The number of rotatable bonds is 1. The van der Waals surface area contributed by atoms with E-state index in [0.29, 0.717) is 10.7 Å². The number of aromatic nitrogens is 1. The van der Waals surface area contributed by atoms with Gasteiger partial charge >= 0.3 is 0 Å². The van der Waals surface area contributed by atoms with Crippen molar-refractivity contribution in [3.05, 3.63) is 41.2 Å². The van der Waals surface area contributed by atoms with Gasteiger partial charge in [-0.05, 0) is 12.1 Å². The predicted octanol–water partition coefficient (Wildman–Crippen LogP) is 1.98. The number of halogens is 1. The summed E-state index contributed by atoms with van der Waals surface area (Å²) >= 11 is 6.01. The minimum atomic E-state index is -0.0251. The topological polar surface area (TPSA) is 71.5 Å². The van der Waals surface area contributed by atoms with E-state index in [2.05, 4.69) is 10.1 Å². The second kappa shape index (κ2) is 3.74. The number of hydrogen-bond acceptors (Lipinski definition) is 3. The lowest BCUT2D eigenvalue weighted by atomic mass is 10.1. The van der Waals surface area contributed by atoms with Gasteiger partial charge in [-0.3, -0.25) is 4.98 Å². The molecule has 0 radical (unpaired) electrons. The molecule has 0 saturated heterocycles. The number of nitrogens with two attached hydrogens (primary N) is 1. The molecule has 0 aliphatic carbocycles. The fraction of sp³-hybridized carbons (Fsp3) is 0. The van der Waals surface area contributed by atoms with E-state index in [1.54, 1.807) is 24.4 Å². The summed E-state index contributed by atoms with van der Waals surface area (Å²) in [6, 6.07) is 7.17. The maximum Gasteiger partial charge on any atom is 0.189 e. The summed E-state index contributed by atoms with van der Waals surface area (Å²) in [5.41, 5.74) is 5.93. The van der Waals surface area contributed by atoms with Crippen molar-refractivity contribution >= 4 is 28.2 Å². The van der Waals surface area contributed by atoms with Gasteiger partial charge in [0.25, 0.3) is 0 Å². The molecule has 1 aromatic heterocycles. The summed E-state index contributed by atoms with van der Waals surface area (Å²) in [6.45, 7) is 0. The van der Waals surface area contributed by atoms with Gasteiger partial charge in [-0.25, -0.2) is 0 Å². The van der Waals surface area contributed by atoms with E-state index in [9.17, 15) is 0 Å². The normalized spacial score (nSPS) is 11.9. The molecule has 0 bridgehead atoms. The molecule has 76 valence electrons. The van der Waals surface area contributed by atoms with Crippen molar-refractivity contribution in [2.45, 2.75) is 0 Å². The molecule has 0 aliphatic rings. The largest absolute Gasteiger partial charge is 0.409 e. The third-order valence-electron chi connectivity index (χ3n) is 2.10. The fourth-order valence-electron chi connectivity index (χ4n) is 1.42. The highest BCUT2D eigenvalue weighted by Crippen LogP contribution is 2.24. The Morgan fingerprint density at radius 1 is 1.33 bits per heavy atom. The number of fused-ring (bicyclic) bond motifs is 1. The number of benzene rings is 1. The van der Waals surface area contributed by atoms with Gasteiger partial charge in [-0.15, -0.1) is 0 Å². The van der Waals surface area contributed by atoms with Crippen molar-refractivity contribution in [2.24, 2.45) is 10.9 Å². The summed E-state index contributed by atoms with van der Waals surface area (Å²) in [4.78, 5) is 4.04. The third kappa shape index (κ3) is 1.59. The molecular formula is C10H8ClN3O. The van der Waals surface area contributed by atoms with E-state index in [4.69, 9.17) is 22.5 Å². The highest BCUT2D eigenvalue weighted by molar-refractivity contribution is 6.35. The predicted molar refractivity (Wildman–Crippen MR) is 59.3 cm³/mol. The van der Waals surface area contributed by atoms with Crippen molar-refractivity contribution in [1.29, 1.82) is 0 Å². The Hall–Kier alpha value is -1.81. The molecule has 15 heavy (non-hydrogen) atoms. The van der Waals surface area contributed by atoms with E-state index in [-0.39, 0.29) is 5.84 Å². The second-order valence-electron chi connectivity index (χ2n) is 2.98. The first-order valence-corrected chi connectivity index (χ1v) is 4.63. The van der Waals surface area contributed by atoms with Gasteiger partial charge in [0.1, 0.15) is 5.69 Å². The molecule has 3 N–H and O–H groups in total. The van der Waals surface area contributed by atoms with Crippen LogP contribution in [0.1, 0.15) is 5.69 Å². The molecule has 0 spiro atoms. The van der Waals surface area contributed by atoms with E-state index in [1.165, 1.54) is 0 Å². The van der Waals surface area contributed by atoms with Crippen LogP contribution < -0.4 is 5.73 Å². The van der Waals surface area contributed by atoms with Gasteiger partial charge in [-0.2, -0.15) is 0 Å². The zero-order valence-electron chi connectivity index (χ0n) is 7.68. The van der Waals surface area contributed by atoms with Gasteiger partial charge in [0, 0.05) is 22.0 Å². The highest BCUT2D eigenvalue weighted by Gasteiger charge is 2.08. The van der Waals surface area contributed by atoms with Crippen molar-refractivity contribution in [1.82, 2.24) is 4.98 Å². The Balaban J connectivity index is 2.83. The Morgan fingerprint density at radius 2 is 2.13 bits per heavy atom. The minimum absolute atomic E-state index is 0.0251. The molecule has 0 aliphatic heterocycles. The molecule has 1 heterocycles. The van der Waals surface area contributed by atoms with E-state index >= 15 is 0 Å². The average molecular weight is 222 g/mol. The van der Waals surface area contributed by atoms with Crippen LogP contribution in [0.25, 0.3) is 10.8 Å². The van der Waals surface area contributed by atoms with Gasteiger partial charge in [-0.1, -0.05) is 28.9 Å². The van der Waals surface area contributed by atoms with Crippen LogP contribution in [0.15, 0.2) is 35.6 Å². The van der Waals surface area contributed by atoms with Crippen molar-refractivity contribution in [3.63, 3.8) is 0 Å². The summed E-state index contributed by atoms with van der Waals surface area (Å²) in [6.07, 6.45) is 1.57. The number of hydrogen-bond donors (Lipinski definition) is 2. The van der Waals surface area contributed by atoms with Crippen LogP contribution in [0, 0.1) is 0 Å². The number of nitrogens with zero attached hydrogens (tertiary/aromatic N) is 2. The molecule has 1 aromatic carbocycles. The van der Waals surface area contributed by atoms with Crippen molar-refractivity contribution < 1.29 is 5.21 Å². The molecule has 0 amide bonds. The summed E-state index contributed by atoms with van der Waals surface area (Å²) < 4.78 is 0. The maximum absolute atomic E-state index is 8.61. The van der Waals surface area contributed by atoms with Gasteiger partial charge in [0.2, 0.25) is 0 Å². The van der Waals surface area contributed by atoms with E-state index in [0.717, 1.165) is 10.8 Å². The van der Waals surface area contributed by atoms with Crippen molar-refractivity contribution in [3.8, 4) is 0 Å². The molecule has 0 fully saturated rings. The average Bonchev–Trinajstić information content (AvgIpc) is 2.28. The van der Waals surface area contributed by atoms with E-state index in [1.807, 2.05) is 6.07 Å². The lowest BCUT2D eigenvalue weighted by molar-refractivity contribution is 0.318. The summed E-state index contributed by atoms with van der Waals surface area (Å²) in [7, 11) is 0. The Labute approximate surface area is 91.0 Å². The van der Waals surface area contributed by atoms with Gasteiger partial charge in [0.05, 0.1) is 0 Å². The Morgan fingerprint density at radius 3 is 2.87 bits per heavy atom. The van der Waals surface area contributed by atoms with Gasteiger partial charge < -0.3 is 10.9 Å². The molecule has 5 heteroatoms. The zero-order valence-corrected chi connectivity index (χ0v) is 8.44. The quantitative estimate of drug-likeness (QED) is 0.335. The molecule has 2 aromatic rings. The minimum Gasteiger partial charge on any atom is -0.409 e. The van der Waals surface area contributed by atoms with Crippen LogP contribution in [0.4, 0.5) is 0 Å². The first-order valence-electron chi connectivity index (χ1n) is 4.25. The lowest BCUT2D eigenvalue weighted by Gasteiger charge is -2.04. The smallest absolute Gasteiger partial charge is 0.189 e. The number of amidine groups is 1. The summed E-state index contributed by atoms with van der Waals surface area (Å²) in [5, 5.41) is 13.7. The fourth-order valence-corrected chi connectivity index (χ4v) is 1.66. The molecular weight excluding hydrogens is 214 g/mol. The van der Waals surface area contributed by atoms with Crippen LogP contribution in [0.5, 0.6) is 0 Å². The Bertz CT molecular complexity index is 539. The van der Waals surface area contributed by atoms with Crippen LogP contribution in [-0.2, 0) is 0 Å². The number of oxime groups is 1. The molecule has 0 saturated carbocycles. The first kappa shape index (κ1) is 9.73. The maximum atomic E-state index is 8.61.